The maximum atomic E-state index is 11.2. The van der Waals surface area contributed by atoms with Crippen molar-refractivity contribution < 1.29 is 9.53 Å². The first-order valence-corrected chi connectivity index (χ1v) is 3.82. The molecule has 1 aliphatic rings. The summed E-state index contributed by atoms with van der Waals surface area (Å²) in [6, 6.07) is 0. The van der Waals surface area contributed by atoms with Gasteiger partial charge in [0.2, 0.25) is 0 Å². The van der Waals surface area contributed by atoms with Crippen molar-refractivity contribution in [3.63, 3.8) is 0 Å². The Morgan fingerprint density at radius 1 is 1.73 bits per heavy atom. The third-order valence-electron chi connectivity index (χ3n) is 1.57. The molecule has 0 N–H and O–H groups in total. The molecule has 0 aliphatic carbocycles. The summed E-state index contributed by atoms with van der Waals surface area (Å²) in [5.41, 5.74) is 0.786. The number of ether oxygens (including phenoxy) is 1. The van der Waals surface area contributed by atoms with Gasteiger partial charge >= 0.3 is 0 Å². The molecule has 0 bridgehead atoms. The van der Waals surface area contributed by atoms with Crippen molar-refractivity contribution >= 4 is 5.78 Å². The van der Waals surface area contributed by atoms with E-state index in [1.807, 2.05) is 6.92 Å². The fourth-order valence-corrected chi connectivity index (χ4v) is 1.00. The number of ketones is 1. The van der Waals surface area contributed by atoms with Crippen LogP contribution in [0.3, 0.4) is 0 Å². The van der Waals surface area contributed by atoms with Crippen LogP contribution in [0, 0.1) is 0 Å². The summed E-state index contributed by atoms with van der Waals surface area (Å²) < 4.78 is 5.03. The van der Waals surface area contributed by atoms with E-state index < -0.39 is 0 Å². The van der Waals surface area contributed by atoms with Gasteiger partial charge in [0.1, 0.15) is 0 Å². The molecule has 11 heavy (non-hydrogen) atoms. The Kier molecular flexibility index (Phi) is 2.90. The second kappa shape index (κ2) is 3.96. The average Bonchev–Trinajstić information content (AvgIpc) is 2.07. The van der Waals surface area contributed by atoms with E-state index in [2.05, 4.69) is 0 Å². The molecule has 0 aromatic heterocycles. The number of carbonyl (C=O) groups is 1. The predicted octanol–water partition coefficient (Wildman–Crippen LogP) is 1.83. The molecule has 2 nitrogen and oxygen atoms in total. The van der Waals surface area contributed by atoms with Crippen LogP contribution in [0.5, 0.6) is 0 Å². The lowest BCUT2D eigenvalue weighted by molar-refractivity contribution is -0.111. The minimum Gasteiger partial charge on any atom is -0.501 e. The van der Waals surface area contributed by atoms with Crippen molar-refractivity contribution in [2.45, 2.75) is 19.8 Å². The largest absolute Gasteiger partial charge is 0.501 e. The summed E-state index contributed by atoms with van der Waals surface area (Å²) >= 11 is 0. The molecule has 0 spiro atoms. The third-order valence-corrected chi connectivity index (χ3v) is 1.57. The molecule has 2 heteroatoms. The van der Waals surface area contributed by atoms with Crippen molar-refractivity contribution in [3.8, 4) is 0 Å². The van der Waals surface area contributed by atoms with Crippen LogP contribution in [-0.4, -0.2) is 12.4 Å². The molecule has 1 aliphatic heterocycles. The first-order valence-electron chi connectivity index (χ1n) is 3.82. The maximum Gasteiger partial charge on any atom is 0.184 e. The number of allylic oxidation sites excluding steroid dienone is 3. The molecule has 1 heterocycles. The van der Waals surface area contributed by atoms with Crippen LogP contribution in [0.15, 0.2) is 24.0 Å². The number of hydrogen-bond acceptors (Lipinski definition) is 2. The fourth-order valence-electron chi connectivity index (χ4n) is 1.00. The van der Waals surface area contributed by atoms with Gasteiger partial charge in [-0.3, -0.25) is 4.79 Å². The van der Waals surface area contributed by atoms with E-state index in [-0.39, 0.29) is 5.78 Å². The van der Waals surface area contributed by atoms with Crippen LogP contribution in [0.1, 0.15) is 19.8 Å². The molecule has 0 amide bonds. The first-order chi connectivity index (χ1) is 5.34. The number of rotatable bonds is 2. The Morgan fingerprint density at radius 2 is 2.55 bits per heavy atom. The topological polar surface area (TPSA) is 26.3 Å². The molecule has 1 rings (SSSR count). The van der Waals surface area contributed by atoms with Gasteiger partial charge in [-0.05, 0) is 25.8 Å². The smallest absolute Gasteiger partial charge is 0.184 e. The van der Waals surface area contributed by atoms with Crippen LogP contribution in [-0.2, 0) is 9.53 Å². The van der Waals surface area contributed by atoms with Crippen LogP contribution >= 0.6 is 0 Å². The zero-order valence-electron chi connectivity index (χ0n) is 6.67. The predicted molar refractivity (Wildman–Crippen MR) is 43.1 cm³/mol. The Bertz CT molecular complexity index is 202. The molecule has 0 unspecified atom stereocenters. The van der Waals surface area contributed by atoms with Gasteiger partial charge in [0.05, 0.1) is 12.9 Å². The Morgan fingerprint density at radius 3 is 3.09 bits per heavy atom. The highest BCUT2D eigenvalue weighted by Gasteiger charge is 2.09. The molecule has 0 aromatic carbocycles. The standard InChI is InChI=1S/C9H12O2/c1-2-4-9(10)8-5-3-6-11-7-8/h2,4,7H,3,5-6H2,1H3/b4-2+. The van der Waals surface area contributed by atoms with E-state index in [0.717, 1.165) is 25.0 Å². The van der Waals surface area contributed by atoms with Crippen LogP contribution in [0.4, 0.5) is 0 Å². The van der Waals surface area contributed by atoms with Crippen LogP contribution < -0.4 is 0 Å². The molecule has 0 aromatic rings. The summed E-state index contributed by atoms with van der Waals surface area (Å²) in [5.74, 6) is 0.0761. The van der Waals surface area contributed by atoms with Crippen LogP contribution in [0.25, 0.3) is 0 Å². The summed E-state index contributed by atoms with van der Waals surface area (Å²) in [4.78, 5) is 11.2. The highest BCUT2D eigenvalue weighted by Crippen LogP contribution is 2.12. The van der Waals surface area contributed by atoms with Gasteiger partial charge in [-0.25, -0.2) is 0 Å². The molecule has 0 saturated heterocycles. The Hall–Kier alpha value is -1.05. The van der Waals surface area contributed by atoms with Crippen LogP contribution in [0.2, 0.25) is 0 Å². The molecular weight excluding hydrogens is 140 g/mol. The second-order valence-corrected chi connectivity index (χ2v) is 2.48. The summed E-state index contributed by atoms with van der Waals surface area (Å²) in [5, 5.41) is 0. The highest BCUT2D eigenvalue weighted by molar-refractivity contribution is 6.03. The van der Waals surface area contributed by atoms with E-state index in [4.69, 9.17) is 4.74 Å². The minimum absolute atomic E-state index is 0.0761. The molecular formula is C9H12O2. The minimum atomic E-state index is 0.0761. The second-order valence-electron chi connectivity index (χ2n) is 2.48. The van der Waals surface area contributed by atoms with Crippen molar-refractivity contribution in [2.75, 3.05) is 6.61 Å². The summed E-state index contributed by atoms with van der Waals surface area (Å²) in [6.07, 6.45) is 6.70. The number of carbonyl (C=O) groups excluding carboxylic acids is 1. The molecule has 60 valence electrons. The monoisotopic (exact) mass is 152 g/mol. The van der Waals surface area contributed by atoms with E-state index in [9.17, 15) is 4.79 Å². The normalized spacial score (nSPS) is 17.7. The average molecular weight is 152 g/mol. The summed E-state index contributed by atoms with van der Waals surface area (Å²) in [7, 11) is 0. The zero-order chi connectivity index (χ0) is 8.10. The first kappa shape index (κ1) is 8.05. The van der Waals surface area contributed by atoms with Gasteiger partial charge in [-0.2, -0.15) is 0 Å². The lowest BCUT2D eigenvalue weighted by Gasteiger charge is -2.10. The Labute approximate surface area is 66.5 Å². The van der Waals surface area contributed by atoms with E-state index in [1.165, 1.54) is 0 Å². The SMILES string of the molecule is C/C=C/C(=O)C1=COCCC1. The van der Waals surface area contributed by atoms with Gasteiger partial charge in [-0.15, -0.1) is 0 Å². The van der Waals surface area contributed by atoms with Crippen molar-refractivity contribution in [3.05, 3.63) is 24.0 Å². The number of hydrogen-bond donors (Lipinski definition) is 0. The van der Waals surface area contributed by atoms with E-state index in [0.29, 0.717) is 0 Å². The van der Waals surface area contributed by atoms with E-state index in [1.54, 1.807) is 18.4 Å². The lowest BCUT2D eigenvalue weighted by Crippen LogP contribution is -2.06. The van der Waals surface area contributed by atoms with Crippen molar-refractivity contribution in [1.82, 2.24) is 0 Å². The van der Waals surface area contributed by atoms with Gasteiger partial charge in [0, 0.05) is 5.57 Å². The fraction of sp³-hybridized carbons (Fsp3) is 0.444. The summed E-state index contributed by atoms with van der Waals surface area (Å²) in [6.45, 7) is 2.58. The van der Waals surface area contributed by atoms with Crippen molar-refractivity contribution in [2.24, 2.45) is 0 Å². The lowest BCUT2D eigenvalue weighted by atomic mass is 10.1. The van der Waals surface area contributed by atoms with E-state index >= 15 is 0 Å². The zero-order valence-corrected chi connectivity index (χ0v) is 6.67. The van der Waals surface area contributed by atoms with Crippen molar-refractivity contribution in [1.29, 1.82) is 0 Å². The Balaban J connectivity index is 2.58. The maximum absolute atomic E-state index is 11.2. The van der Waals surface area contributed by atoms with Gasteiger partial charge in [0.25, 0.3) is 0 Å². The van der Waals surface area contributed by atoms with Gasteiger partial charge in [-0.1, -0.05) is 6.08 Å². The molecule has 0 radical (unpaired) electrons. The molecule has 0 fully saturated rings. The van der Waals surface area contributed by atoms with Gasteiger partial charge in [0.15, 0.2) is 5.78 Å². The quantitative estimate of drug-likeness (QED) is 0.564. The highest BCUT2D eigenvalue weighted by atomic mass is 16.5. The van der Waals surface area contributed by atoms with Gasteiger partial charge < -0.3 is 4.74 Å². The molecule has 0 saturated carbocycles. The third kappa shape index (κ3) is 2.22. The molecule has 0 atom stereocenters.